The van der Waals surface area contributed by atoms with E-state index in [2.05, 4.69) is 10.6 Å². The molecule has 122 valence electrons. The summed E-state index contributed by atoms with van der Waals surface area (Å²) in [5, 5.41) is 24.4. The molecule has 1 aliphatic heterocycles. The second kappa shape index (κ2) is 9.67. The Morgan fingerprint density at radius 3 is 1.90 bits per heavy atom. The fraction of sp³-hybridized carbons (Fsp3) is 0.846. The van der Waals surface area contributed by atoms with Gasteiger partial charge >= 0.3 is 11.9 Å². The van der Waals surface area contributed by atoms with E-state index in [1.54, 1.807) is 6.92 Å². The van der Waals surface area contributed by atoms with Crippen LogP contribution >= 0.6 is 0 Å². The Balaban J connectivity index is 2.45. The van der Waals surface area contributed by atoms with Crippen molar-refractivity contribution in [1.82, 2.24) is 20.4 Å². The molecule has 0 bridgehead atoms. The lowest BCUT2D eigenvalue weighted by atomic mass is 10.2. The molecule has 0 aromatic rings. The van der Waals surface area contributed by atoms with Crippen LogP contribution in [0.4, 0.5) is 0 Å². The number of hydrogen-bond donors (Lipinski definition) is 4. The highest BCUT2D eigenvalue weighted by molar-refractivity contribution is 5.72. The fourth-order valence-corrected chi connectivity index (χ4v) is 2.29. The predicted molar refractivity (Wildman–Crippen MR) is 78.5 cm³/mol. The van der Waals surface area contributed by atoms with Gasteiger partial charge in [0.25, 0.3) is 0 Å². The van der Waals surface area contributed by atoms with Gasteiger partial charge in [0.05, 0.1) is 6.54 Å². The minimum absolute atomic E-state index is 0.0472. The van der Waals surface area contributed by atoms with Gasteiger partial charge < -0.3 is 20.8 Å². The molecule has 8 heteroatoms. The monoisotopic (exact) mass is 302 g/mol. The first-order valence-electron chi connectivity index (χ1n) is 7.33. The molecule has 1 atom stereocenters. The number of rotatable bonds is 4. The van der Waals surface area contributed by atoms with Crippen LogP contribution in [0.1, 0.15) is 6.92 Å². The Morgan fingerprint density at radius 2 is 1.48 bits per heavy atom. The molecule has 0 amide bonds. The highest BCUT2D eigenvalue weighted by atomic mass is 16.4. The molecule has 0 aromatic heterocycles. The summed E-state index contributed by atoms with van der Waals surface area (Å²) < 4.78 is 0. The third-order valence-corrected chi connectivity index (χ3v) is 3.63. The van der Waals surface area contributed by atoms with Gasteiger partial charge in [0.1, 0.15) is 6.04 Å². The van der Waals surface area contributed by atoms with Crippen LogP contribution in [0.5, 0.6) is 0 Å². The normalized spacial score (nSPS) is 22.0. The fourth-order valence-electron chi connectivity index (χ4n) is 2.29. The Bertz CT molecular complexity index is 326. The molecule has 8 nitrogen and oxygen atoms in total. The Kier molecular flexibility index (Phi) is 8.21. The third-order valence-electron chi connectivity index (χ3n) is 3.63. The average Bonchev–Trinajstić information content (AvgIpc) is 2.40. The van der Waals surface area contributed by atoms with Crippen molar-refractivity contribution < 1.29 is 19.8 Å². The summed E-state index contributed by atoms with van der Waals surface area (Å²) in [5.41, 5.74) is 0. The van der Waals surface area contributed by atoms with Crippen LogP contribution in [-0.4, -0.2) is 96.9 Å². The maximum atomic E-state index is 11.1. The molecule has 1 saturated heterocycles. The standard InChI is InChI=1S/C13H26N4O4/c1-11(13(20)21)17-8-4-14-2-6-16(10-12(18)19)7-3-15-5-9-17/h11,14-15H,2-10H2,1H3,(H,18,19)(H,20,21). The number of nitrogens with zero attached hydrogens (tertiary/aromatic N) is 2. The van der Waals surface area contributed by atoms with Crippen molar-refractivity contribution in [3.8, 4) is 0 Å². The van der Waals surface area contributed by atoms with Crippen molar-refractivity contribution in [2.75, 3.05) is 58.9 Å². The van der Waals surface area contributed by atoms with Gasteiger partial charge in [-0.1, -0.05) is 0 Å². The molecular formula is C13H26N4O4. The van der Waals surface area contributed by atoms with E-state index < -0.39 is 18.0 Å². The van der Waals surface area contributed by atoms with Gasteiger partial charge in [-0.25, -0.2) is 0 Å². The van der Waals surface area contributed by atoms with Crippen molar-refractivity contribution in [2.24, 2.45) is 0 Å². The zero-order valence-corrected chi connectivity index (χ0v) is 12.5. The molecule has 0 radical (unpaired) electrons. The zero-order valence-electron chi connectivity index (χ0n) is 12.5. The van der Waals surface area contributed by atoms with Crippen molar-refractivity contribution in [3.05, 3.63) is 0 Å². The molecule has 21 heavy (non-hydrogen) atoms. The minimum atomic E-state index is -0.816. The van der Waals surface area contributed by atoms with Gasteiger partial charge in [0, 0.05) is 52.4 Å². The summed E-state index contributed by atoms with van der Waals surface area (Å²) in [4.78, 5) is 25.7. The number of carboxylic acid groups (broad SMARTS) is 2. The first-order valence-corrected chi connectivity index (χ1v) is 7.33. The van der Waals surface area contributed by atoms with Crippen LogP contribution in [0.25, 0.3) is 0 Å². The van der Waals surface area contributed by atoms with E-state index in [0.717, 1.165) is 0 Å². The topological polar surface area (TPSA) is 105 Å². The molecule has 0 spiro atoms. The lowest BCUT2D eigenvalue weighted by Gasteiger charge is -2.28. The second-order valence-electron chi connectivity index (χ2n) is 5.22. The third kappa shape index (κ3) is 7.37. The van der Waals surface area contributed by atoms with E-state index >= 15 is 0 Å². The molecular weight excluding hydrogens is 276 g/mol. The predicted octanol–water partition coefficient (Wildman–Crippen LogP) is -1.66. The Morgan fingerprint density at radius 1 is 1.00 bits per heavy atom. The quantitative estimate of drug-likeness (QED) is 0.489. The van der Waals surface area contributed by atoms with Crippen LogP contribution in [0.3, 0.4) is 0 Å². The number of carbonyl (C=O) groups is 2. The van der Waals surface area contributed by atoms with Crippen LogP contribution in [0, 0.1) is 0 Å². The van der Waals surface area contributed by atoms with Gasteiger partial charge in [0.15, 0.2) is 0 Å². The molecule has 1 rings (SSSR count). The SMILES string of the molecule is CC(C(=O)O)N1CCNCCN(CC(=O)O)CCNCC1. The average molecular weight is 302 g/mol. The first-order chi connectivity index (χ1) is 10.0. The lowest BCUT2D eigenvalue weighted by Crippen LogP contribution is -2.48. The van der Waals surface area contributed by atoms with Crippen LogP contribution < -0.4 is 10.6 Å². The lowest BCUT2D eigenvalue weighted by molar-refractivity contribution is -0.142. The van der Waals surface area contributed by atoms with Gasteiger partial charge in [0.2, 0.25) is 0 Å². The first kappa shape index (κ1) is 17.8. The van der Waals surface area contributed by atoms with E-state index in [0.29, 0.717) is 52.4 Å². The molecule has 1 heterocycles. The largest absolute Gasteiger partial charge is 0.480 e. The molecule has 4 N–H and O–H groups in total. The summed E-state index contributed by atoms with van der Waals surface area (Å²) in [6.07, 6.45) is 0. The summed E-state index contributed by atoms with van der Waals surface area (Å²) in [6, 6.07) is -0.500. The van der Waals surface area contributed by atoms with Crippen molar-refractivity contribution in [1.29, 1.82) is 0 Å². The van der Waals surface area contributed by atoms with Crippen LogP contribution in [0.15, 0.2) is 0 Å². The van der Waals surface area contributed by atoms with Crippen LogP contribution in [-0.2, 0) is 9.59 Å². The number of hydrogen-bond acceptors (Lipinski definition) is 6. The van der Waals surface area contributed by atoms with Crippen molar-refractivity contribution in [3.63, 3.8) is 0 Å². The van der Waals surface area contributed by atoms with Crippen molar-refractivity contribution in [2.45, 2.75) is 13.0 Å². The smallest absolute Gasteiger partial charge is 0.320 e. The molecule has 0 saturated carbocycles. The van der Waals surface area contributed by atoms with Crippen LogP contribution in [0.2, 0.25) is 0 Å². The maximum Gasteiger partial charge on any atom is 0.320 e. The van der Waals surface area contributed by atoms with E-state index in [9.17, 15) is 9.59 Å². The van der Waals surface area contributed by atoms with Gasteiger partial charge in [-0.05, 0) is 6.92 Å². The van der Waals surface area contributed by atoms with E-state index in [1.807, 2.05) is 9.80 Å². The summed E-state index contributed by atoms with van der Waals surface area (Å²) in [6.45, 7) is 7.18. The molecule has 1 aliphatic rings. The zero-order chi connectivity index (χ0) is 15.7. The Labute approximate surface area is 125 Å². The van der Waals surface area contributed by atoms with E-state index in [-0.39, 0.29) is 6.54 Å². The van der Waals surface area contributed by atoms with E-state index in [1.165, 1.54) is 0 Å². The van der Waals surface area contributed by atoms with Gasteiger partial charge in [-0.3, -0.25) is 19.4 Å². The van der Waals surface area contributed by atoms with E-state index in [4.69, 9.17) is 10.2 Å². The van der Waals surface area contributed by atoms with Gasteiger partial charge in [-0.15, -0.1) is 0 Å². The molecule has 1 fully saturated rings. The minimum Gasteiger partial charge on any atom is -0.480 e. The van der Waals surface area contributed by atoms with Gasteiger partial charge in [-0.2, -0.15) is 0 Å². The highest BCUT2D eigenvalue weighted by Crippen LogP contribution is 1.98. The number of nitrogens with one attached hydrogen (secondary N) is 2. The number of carboxylic acids is 2. The maximum absolute atomic E-state index is 11.1. The summed E-state index contributed by atoms with van der Waals surface area (Å²) in [5.74, 6) is -1.63. The molecule has 0 aliphatic carbocycles. The summed E-state index contributed by atoms with van der Waals surface area (Å²) in [7, 11) is 0. The summed E-state index contributed by atoms with van der Waals surface area (Å²) >= 11 is 0. The molecule has 1 unspecified atom stereocenters. The second-order valence-corrected chi connectivity index (χ2v) is 5.22. The number of aliphatic carboxylic acids is 2. The van der Waals surface area contributed by atoms with Crippen molar-refractivity contribution >= 4 is 11.9 Å². The Hall–Kier alpha value is -1.22. The molecule has 0 aromatic carbocycles. The highest BCUT2D eigenvalue weighted by Gasteiger charge is 2.20.